The van der Waals surface area contributed by atoms with Gasteiger partial charge in [-0.2, -0.15) is 0 Å². The molecule has 3 amide bonds. The van der Waals surface area contributed by atoms with Gasteiger partial charge >= 0.3 is 0 Å². The largest absolute Gasteiger partial charge is 0.354 e. The highest BCUT2D eigenvalue weighted by molar-refractivity contribution is 7.92. The normalized spacial score (nSPS) is 13.3. The molecule has 0 aromatic heterocycles. The van der Waals surface area contributed by atoms with E-state index >= 15 is 0 Å². The van der Waals surface area contributed by atoms with Crippen molar-refractivity contribution in [1.29, 1.82) is 0 Å². The van der Waals surface area contributed by atoms with Crippen molar-refractivity contribution in [2.45, 2.75) is 31.6 Å². The summed E-state index contributed by atoms with van der Waals surface area (Å²) >= 11 is 0. The van der Waals surface area contributed by atoms with Crippen molar-refractivity contribution in [2.75, 3.05) is 33.3 Å². The second-order valence-corrected chi connectivity index (χ2v) is 12.2. The van der Waals surface area contributed by atoms with Crippen molar-refractivity contribution in [3.8, 4) is 0 Å². The third-order valence-electron chi connectivity index (χ3n) is 7.41. The van der Waals surface area contributed by atoms with Gasteiger partial charge < -0.3 is 20.9 Å². The number of anilines is 4. The lowest BCUT2D eigenvalue weighted by molar-refractivity contribution is -0.121. The Morgan fingerprint density at radius 2 is 1.46 bits per heavy atom. The zero-order chi connectivity index (χ0) is 32.7. The number of hydrogen-bond donors (Lipinski definition) is 4. The summed E-state index contributed by atoms with van der Waals surface area (Å²) in [6, 6.07) is 29.6. The Labute approximate surface area is 268 Å². The first-order valence-corrected chi connectivity index (χ1v) is 16.5. The highest BCUT2D eigenvalue weighted by Gasteiger charge is 2.29. The highest BCUT2D eigenvalue weighted by atomic mass is 32.2. The molecule has 4 aromatic carbocycles. The summed E-state index contributed by atoms with van der Waals surface area (Å²) in [5.74, 6) is -0.491. The van der Waals surface area contributed by atoms with Gasteiger partial charge in [0.1, 0.15) is 0 Å². The molecule has 0 aliphatic carbocycles. The Morgan fingerprint density at radius 1 is 0.804 bits per heavy atom. The van der Waals surface area contributed by atoms with Gasteiger partial charge in [-0.25, -0.2) is 8.42 Å². The fraction of sp³-hybridized carbons (Fsp3) is 0.171. The topological polar surface area (TPSA) is 137 Å². The van der Waals surface area contributed by atoms with Crippen LogP contribution in [0.1, 0.15) is 37.8 Å². The quantitative estimate of drug-likeness (QED) is 0.147. The van der Waals surface area contributed by atoms with Crippen LogP contribution in [0.3, 0.4) is 0 Å². The van der Waals surface area contributed by atoms with Crippen LogP contribution < -0.4 is 25.6 Å². The molecule has 0 saturated carbocycles. The maximum absolute atomic E-state index is 13.5. The maximum atomic E-state index is 13.5. The van der Waals surface area contributed by atoms with Gasteiger partial charge in [0.05, 0.1) is 16.2 Å². The van der Waals surface area contributed by atoms with E-state index in [9.17, 15) is 22.8 Å². The van der Waals surface area contributed by atoms with E-state index in [1.165, 1.54) is 12.1 Å². The number of carbonyl (C=O) groups excluding carboxylic acids is 3. The molecular weight excluding hydrogens is 602 g/mol. The average Bonchev–Trinajstić information content (AvgIpc) is 3.40. The van der Waals surface area contributed by atoms with Crippen molar-refractivity contribution in [3.05, 3.63) is 114 Å². The van der Waals surface area contributed by atoms with Gasteiger partial charge in [0.25, 0.3) is 15.9 Å². The Balaban J connectivity index is 1.48. The standard InChI is InChI=1S/C35H35N5O5S/c1-3-31(41)36-21-22-40(32(42)4-2)27-18-15-25(16-19-27)37-34(24-11-7-5-8-12-24)33-29-23-26(17-20-30(29)38-35(33)43)39-46(44,45)28-13-9-6-10-14-28/h5-20,23,37,39H,3-4,21-22H2,1-2H3,(H,36,41)(H,38,43). The molecule has 1 aliphatic rings. The van der Waals surface area contributed by atoms with Crippen molar-refractivity contribution < 1.29 is 22.8 Å². The van der Waals surface area contributed by atoms with Gasteiger partial charge in [-0.1, -0.05) is 62.4 Å². The van der Waals surface area contributed by atoms with Crippen LogP contribution in [0.25, 0.3) is 11.3 Å². The van der Waals surface area contributed by atoms with Gasteiger partial charge in [-0.15, -0.1) is 0 Å². The van der Waals surface area contributed by atoms with Crippen LogP contribution in [0.5, 0.6) is 0 Å². The maximum Gasteiger partial charge on any atom is 0.261 e. The molecule has 1 heterocycles. The Morgan fingerprint density at radius 3 is 2.11 bits per heavy atom. The average molecular weight is 638 g/mol. The van der Waals surface area contributed by atoms with Gasteiger partial charge in [0.15, 0.2) is 0 Å². The van der Waals surface area contributed by atoms with Gasteiger partial charge in [-0.3, -0.25) is 19.1 Å². The van der Waals surface area contributed by atoms with Crippen molar-refractivity contribution in [3.63, 3.8) is 0 Å². The summed E-state index contributed by atoms with van der Waals surface area (Å²) < 4.78 is 28.7. The molecule has 236 valence electrons. The predicted molar refractivity (Wildman–Crippen MR) is 182 cm³/mol. The lowest BCUT2D eigenvalue weighted by Gasteiger charge is -2.23. The molecule has 0 spiro atoms. The smallest absolute Gasteiger partial charge is 0.261 e. The minimum atomic E-state index is -3.85. The van der Waals surface area contributed by atoms with Crippen LogP contribution in [0.4, 0.5) is 22.7 Å². The molecule has 0 unspecified atom stereocenters. The second-order valence-electron chi connectivity index (χ2n) is 10.5. The number of amides is 3. The van der Waals surface area contributed by atoms with E-state index < -0.39 is 10.0 Å². The SMILES string of the molecule is CCC(=O)NCCN(C(=O)CC)c1ccc(NC(=C2C(=O)Nc3ccc(NS(=O)(=O)c4ccccc4)cc32)c2ccccc2)cc1. The Kier molecular flexibility index (Phi) is 9.82. The highest BCUT2D eigenvalue weighted by Crippen LogP contribution is 2.39. The Hall–Kier alpha value is -5.42. The molecule has 1 aliphatic heterocycles. The van der Waals surface area contributed by atoms with Crippen LogP contribution in [0.2, 0.25) is 0 Å². The molecule has 0 atom stereocenters. The molecule has 4 N–H and O–H groups in total. The lowest BCUT2D eigenvalue weighted by Crippen LogP contribution is -2.38. The first-order chi connectivity index (χ1) is 22.2. The summed E-state index contributed by atoms with van der Waals surface area (Å²) in [5.41, 5.74) is 4.36. The lowest BCUT2D eigenvalue weighted by atomic mass is 9.99. The van der Waals surface area contributed by atoms with E-state index in [1.807, 2.05) is 54.6 Å². The van der Waals surface area contributed by atoms with E-state index in [1.54, 1.807) is 55.1 Å². The van der Waals surface area contributed by atoms with Crippen LogP contribution >= 0.6 is 0 Å². The molecule has 5 rings (SSSR count). The molecule has 0 radical (unpaired) electrons. The minimum absolute atomic E-state index is 0.0727. The summed E-state index contributed by atoms with van der Waals surface area (Å²) in [5, 5.41) is 9.10. The summed E-state index contributed by atoms with van der Waals surface area (Å²) in [4.78, 5) is 39.6. The monoisotopic (exact) mass is 637 g/mol. The number of carbonyl (C=O) groups is 3. The van der Waals surface area contributed by atoms with E-state index in [4.69, 9.17) is 0 Å². The van der Waals surface area contributed by atoms with E-state index in [0.29, 0.717) is 65.5 Å². The molecule has 4 aromatic rings. The number of nitrogens with zero attached hydrogens (tertiary/aromatic N) is 1. The van der Waals surface area contributed by atoms with E-state index in [0.717, 1.165) is 5.56 Å². The van der Waals surface area contributed by atoms with Gasteiger partial charge in [-0.05, 0) is 60.2 Å². The molecule has 10 nitrogen and oxygen atoms in total. The third kappa shape index (κ3) is 7.27. The minimum Gasteiger partial charge on any atom is -0.354 e. The van der Waals surface area contributed by atoms with E-state index in [-0.39, 0.29) is 22.6 Å². The Bertz CT molecular complexity index is 1880. The van der Waals surface area contributed by atoms with Crippen molar-refractivity contribution in [2.24, 2.45) is 0 Å². The van der Waals surface area contributed by atoms with Crippen molar-refractivity contribution in [1.82, 2.24) is 5.32 Å². The van der Waals surface area contributed by atoms with Crippen LogP contribution in [0, 0.1) is 0 Å². The second kappa shape index (κ2) is 14.1. The number of sulfonamides is 1. The molecule has 11 heteroatoms. The van der Waals surface area contributed by atoms with Crippen LogP contribution in [-0.2, 0) is 24.4 Å². The molecule has 0 saturated heterocycles. The predicted octanol–water partition coefficient (Wildman–Crippen LogP) is 5.69. The van der Waals surface area contributed by atoms with Crippen molar-refractivity contribution >= 4 is 61.8 Å². The zero-order valence-corrected chi connectivity index (χ0v) is 26.4. The third-order valence-corrected chi connectivity index (χ3v) is 8.81. The zero-order valence-electron chi connectivity index (χ0n) is 25.5. The summed E-state index contributed by atoms with van der Waals surface area (Å²) in [6.07, 6.45) is 0.679. The molecule has 0 bridgehead atoms. The molecule has 0 fully saturated rings. The first kappa shape index (κ1) is 32.0. The number of nitrogens with one attached hydrogen (secondary N) is 4. The van der Waals surface area contributed by atoms with Gasteiger partial charge in [0.2, 0.25) is 11.8 Å². The number of benzene rings is 4. The van der Waals surface area contributed by atoms with Gasteiger partial charge in [0, 0.05) is 54.2 Å². The molecular formula is C35H35N5O5S. The summed E-state index contributed by atoms with van der Waals surface area (Å²) in [7, 11) is -3.85. The number of fused-ring (bicyclic) bond motifs is 1. The van der Waals surface area contributed by atoms with Crippen LogP contribution in [0.15, 0.2) is 108 Å². The van der Waals surface area contributed by atoms with Crippen LogP contribution in [-0.4, -0.2) is 39.2 Å². The van der Waals surface area contributed by atoms with E-state index in [2.05, 4.69) is 20.7 Å². The number of rotatable bonds is 12. The summed E-state index contributed by atoms with van der Waals surface area (Å²) in [6.45, 7) is 4.23. The number of hydrogen-bond acceptors (Lipinski definition) is 6. The fourth-order valence-electron chi connectivity index (χ4n) is 5.07. The molecule has 46 heavy (non-hydrogen) atoms. The fourth-order valence-corrected chi connectivity index (χ4v) is 6.14. The first-order valence-electron chi connectivity index (χ1n) is 15.0.